The quantitative estimate of drug-likeness (QED) is 0.551. The Morgan fingerprint density at radius 2 is 1.58 bits per heavy atom. The highest BCUT2D eigenvalue weighted by Gasteiger charge is 2.32. The summed E-state index contributed by atoms with van der Waals surface area (Å²) in [6.07, 6.45) is 0.942. The summed E-state index contributed by atoms with van der Waals surface area (Å²) in [5.74, 6) is -0.379. The van der Waals surface area contributed by atoms with Crippen molar-refractivity contribution in [1.29, 1.82) is 0 Å². The minimum Gasteiger partial charge on any atom is -0.349 e. The molecule has 0 spiro atoms. The number of amides is 1. The molecule has 6 nitrogen and oxygen atoms in total. The summed E-state index contributed by atoms with van der Waals surface area (Å²) in [6.45, 7) is 4.00. The highest BCUT2D eigenvalue weighted by Crippen LogP contribution is 2.27. The van der Waals surface area contributed by atoms with Crippen LogP contribution in [0.2, 0.25) is 0 Å². The van der Waals surface area contributed by atoms with Gasteiger partial charge in [0.1, 0.15) is 0 Å². The van der Waals surface area contributed by atoms with Gasteiger partial charge in [0.15, 0.2) is 5.78 Å². The van der Waals surface area contributed by atoms with E-state index in [1.807, 2.05) is 31.2 Å². The summed E-state index contributed by atoms with van der Waals surface area (Å²) < 4.78 is 27.4. The second-order valence-electron chi connectivity index (χ2n) is 8.56. The molecule has 3 aromatic rings. The summed E-state index contributed by atoms with van der Waals surface area (Å²) in [6, 6.07) is 20.0. The second kappa shape index (κ2) is 9.45. The van der Waals surface area contributed by atoms with E-state index in [0.717, 1.165) is 16.3 Å². The molecule has 0 bridgehead atoms. The van der Waals surface area contributed by atoms with E-state index < -0.39 is 10.0 Å². The number of hydrogen-bond acceptors (Lipinski definition) is 4. The van der Waals surface area contributed by atoms with Crippen molar-refractivity contribution in [1.82, 2.24) is 9.62 Å². The van der Waals surface area contributed by atoms with Crippen LogP contribution in [0.1, 0.15) is 48.7 Å². The zero-order chi connectivity index (χ0) is 23.6. The molecule has 7 heteroatoms. The molecule has 0 aromatic heterocycles. The highest BCUT2D eigenvalue weighted by atomic mass is 32.2. The van der Waals surface area contributed by atoms with Gasteiger partial charge in [-0.2, -0.15) is 4.31 Å². The van der Waals surface area contributed by atoms with E-state index in [9.17, 15) is 18.0 Å². The summed E-state index contributed by atoms with van der Waals surface area (Å²) in [7, 11) is -3.65. The van der Waals surface area contributed by atoms with Crippen molar-refractivity contribution in [3.8, 4) is 0 Å². The minimum absolute atomic E-state index is 0.0432. The van der Waals surface area contributed by atoms with Gasteiger partial charge in [0.25, 0.3) is 0 Å². The number of piperidine rings is 1. The van der Waals surface area contributed by atoms with Gasteiger partial charge in [-0.3, -0.25) is 9.59 Å². The predicted molar refractivity (Wildman–Crippen MR) is 128 cm³/mol. The third-order valence-electron chi connectivity index (χ3n) is 6.37. The Hall–Kier alpha value is -3.03. The van der Waals surface area contributed by atoms with Crippen molar-refractivity contribution in [2.45, 2.75) is 37.6 Å². The Labute approximate surface area is 194 Å². The van der Waals surface area contributed by atoms with Crippen molar-refractivity contribution in [2.24, 2.45) is 5.92 Å². The van der Waals surface area contributed by atoms with E-state index in [4.69, 9.17) is 0 Å². The van der Waals surface area contributed by atoms with E-state index in [-0.39, 0.29) is 41.6 Å². The number of ketones is 1. The number of nitrogens with zero attached hydrogens (tertiary/aromatic N) is 1. The standard InChI is InChI=1S/C26H28N2O4S/c1-18(24-9-5-7-21-6-3-4-8-25(21)24)27-26(30)22-14-16-28(17-15-22)33(31,32)23-12-10-20(11-13-23)19(2)29/h3-13,18,22H,14-17H2,1-2H3,(H,27,30). The van der Waals surface area contributed by atoms with Gasteiger partial charge in [0.05, 0.1) is 10.9 Å². The van der Waals surface area contributed by atoms with Gasteiger partial charge >= 0.3 is 0 Å². The molecule has 0 saturated carbocycles. The molecule has 172 valence electrons. The molecule has 1 fully saturated rings. The fourth-order valence-electron chi connectivity index (χ4n) is 4.41. The Bertz CT molecular complexity index is 1270. The molecule has 1 heterocycles. The van der Waals surface area contributed by atoms with Crippen LogP contribution in [0, 0.1) is 5.92 Å². The van der Waals surface area contributed by atoms with E-state index in [1.54, 1.807) is 0 Å². The maximum atomic E-state index is 13.0. The van der Waals surface area contributed by atoms with Gasteiger partial charge in [-0.15, -0.1) is 0 Å². The van der Waals surface area contributed by atoms with E-state index in [0.29, 0.717) is 18.4 Å². The largest absolute Gasteiger partial charge is 0.349 e. The fraction of sp³-hybridized carbons (Fsp3) is 0.308. The predicted octanol–water partition coefficient (Wildman–Crippen LogP) is 4.32. The molecule has 0 aliphatic carbocycles. The normalized spacial score (nSPS) is 16.4. The lowest BCUT2D eigenvalue weighted by atomic mass is 9.95. The lowest BCUT2D eigenvalue weighted by Gasteiger charge is -2.31. The first kappa shape index (κ1) is 23.1. The van der Waals surface area contributed by atoms with Crippen LogP contribution in [-0.2, 0) is 14.8 Å². The number of rotatable bonds is 6. The van der Waals surface area contributed by atoms with Crippen LogP contribution in [0.15, 0.2) is 71.6 Å². The van der Waals surface area contributed by atoms with Crippen LogP contribution in [0.4, 0.5) is 0 Å². The van der Waals surface area contributed by atoms with Crippen molar-refractivity contribution in [3.63, 3.8) is 0 Å². The van der Waals surface area contributed by atoms with Gasteiger partial charge < -0.3 is 5.32 Å². The molecule has 3 aromatic carbocycles. The topological polar surface area (TPSA) is 83.6 Å². The van der Waals surface area contributed by atoms with Gasteiger partial charge in [-0.1, -0.05) is 54.6 Å². The second-order valence-corrected chi connectivity index (χ2v) is 10.5. The lowest BCUT2D eigenvalue weighted by molar-refractivity contribution is -0.126. The molecule has 1 aliphatic rings. The van der Waals surface area contributed by atoms with Crippen LogP contribution in [0.25, 0.3) is 10.8 Å². The molecule has 1 atom stereocenters. The fourth-order valence-corrected chi connectivity index (χ4v) is 5.88. The Morgan fingerprint density at radius 1 is 0.939 bits per heavy atom. The summed E-state index contributed by atoms with van der Waals surface area (Å²) >= 11 is 0. The van der Waals surface area contributed by atoms with Crippen LogP contribution in [-0.4, -0.2) is 37.5 Å². The van der Waals surface area contributed by atoms with E-state index in [2.05, 4.69) is 23.5 Å². The molecule has 1 aliphatic heterocycles. The SMILES string of the molecule is CC(=O)c1ccc(S(=O)(=O)N2CCC(C(=O)NC(C)c3cccc4ccccc34)CC2)cc1. The Morgan fingerprint density at radius 3 is 2.24 bits per heavy atom. The molecular weight excluding hydrogens is 436 g/mol. The number of Topliss-reactive ketones (excluding diaryl/α,β-unsaturated/α-hetero) is 1. The molecule has 1 unspecified atom stereocenters. The molecule has 1 N–H and O–H groups in total. The van der Waals surface area contributed by atoms with Crippen LogP contribution < -0.4 is 5.32 Å². The number of carbonyl (C=O) groups is 2. The van der Waals surface area contributed by atoms with Gasteiger partial charge in [0.2, 0.25) is 15.9 Å². The van der Waals surface area contributed by atoms with Gasteiger partial charge in [-0.25, -0.2) is 8.42 Å². The molecule has 1 saturated heterocycles. The van der Waals surface area contributed by atoms with E-state index in [1.165, 1.54) is 35.5 Å². The van der Waals surface area contributed by atoms with E-state index >= 15 is 0 Å². The Kier molecular flexibility index (Phi) is 6.63. The first-order valence-electron chi connectivity index (χ1n) is 11.2. The zero-order valence-electron chi connectivity index (χ0n) is 18.8. The molecule has 0 radical (unpaired) electrons. The molecule has 1 amide bonds. The van der Waals surface area contributed by atoms with Crippen LogP contribution in [0.3, 0.4) is 0 Å². The van der Waals surface area contributed by atoms with Crippen molar-refractivity contribution in [3.05, 3.63) is 77.9 Å². The number of fused-ring (bicyclic) bond motifs is 1. The summed E-state index contributed by atoms with van der Waals surface area (Å²) in [4.78, 5) is 24.5. The monoisotopic (exact) mass is 464 g/mol. The Balaban J connectivity index is 1.39. The third-order valence-corrected chi connectivity index (χ3v) is 8.28. The van der Waals surface area contributed by atoms with Crippen LogP contribution in [0.5, 0.6) is 0 Å². The maximum absolute atomic E-state index is 13.0. The number of nitrogens with one attached hydrogen (secondary N) is 1. The van der Waals surface area contributed by atoms with Crippen molar-refractivity contribution in [2.75, 3.05) is 13.1 Å². The van der Waals surface area contributed by atoms with Crippen molar-refractivity contribution < 1.29 is 18.0 Å². The average molecular weight is 465 g/mol. The molecule has 4 rings (SSSR count). The average Bonchev–Trinajstić information content (AvgIpc) is 2.83. The van der Waals surface area contributed by atoms with Crippen LogP contribution >= 0.6 is 0 Å². The molecular formula is C26H28N2O4S. The third kappa shape index (κ3) is 4.84. The van der Waals surface area contributed by atoms with Gasteiger partial charge in [0, 0.05) is 24.6 Å². The summed E-state index contributed by atoms with van der Waals surface area (Å²) in [5, 5.41) is 5.37. The smallest absolute Gasteiger partial charge is 0.243 e. The number of carbonyl (C=O) groups excluding carboxylic acids is 2. The first-order valence-corrected chi connectivity index (χ1v) is 12.6. The maximum Gasteiger partial charge on any atom is 0.243 e. The van der Waals surface area contributed by atoms with Crippen molar-refractivity contribution >= 4 is 32.5 Å². The first-order chi connectivity index (χ1) is 15.8. The highest BCUT2D eigenvalue weighted by molar-refractivity contribution is 7.89. The van der Waals surface area contributed by atoms with Gasteiger partial charge in [-0.05, 0) is 55.2 Å². The summed E-state index contributed by atoms with van der Waals surface area (Å²) in [5.41, 5.74) is 1.54. The number of hydrogen-bond donors (Lipinski definition) is 1. The zero-order valence-corrected chi connectivity index (χ0v) is 19.6. The lowest BCUT2D eigenvalue weighted by Crippen LogP contribution is -2.43. The number of benzene rings is 3. The minimum atomic E-state index is -3.65. The number of sulfonamides is 1. The molecule has 33 heavy (non-hydrogen) atoms.